The van der Waals surface area contributed by atoms with E-state index < -0.39 is 35.7 Å². The number of aromatic nitrogens is 2. The third kappa shape index (κ3) is 5.66. The van der Waals surface area contributed by atoms with Gasteiger partial charge in [-0.25, -0.2) is 9.97 Å². The molecule has 9 nitrogen and oxygen atoms in total. The number of pyridine rings is 2. The van der Waals surface area contributed by atoms with Crippen molar-refractivity contribution in [1.82, 2.24) is 20.2 Å². The lowest BCUT2D eigenvalue weighted by atomic mass is 10.2. The van der Waals surface area contributed by atoms with Crippen molar-refractivity contribution in [2.75, 3.05) is 19.7 Å². The highest BCUT2D eigenvalue weighted by Crippen LogP contribution is 2.30. The van der Waals surface area contributed by atoms with Crippen LogP contribution >= 0.6 is 0 Å². The molecule has 0 spiro atoms. The first-order chi connectivity index (χ1) is 16.6. The van der Waals surface area contributed by atoms with E-state index in [0.717, 1.165) is 12.1 Å². The number of ether oxygens (including phenoxy) is 1. The molecule has 0 unspecified atom stereocenters. The molecule has 2 atom stereocenters. The number of nitrogens with zero attached hydrogens (tertiary/aromatic N) is 3. The minimum atomic E-state index is -4.49. The van der Waals surface area contributed by atoms with Gasteiger partial charge in [-0.15, -0.1) is 0 Å². The summed E-state index contributed by atoms with van der Waals surface area (Å²) in [6, 6.07) is 9.29. The Hall–Kier alpha value is -3.77. The van der Waals surface area contributed by atoms with Crippen molar-refractivity contribution in [2.24, 2.45) is 0 Å². The third-order valence-electron chi connectivity index (χ3n) is 5.50. The topological polar surface area (TPSA) is 125 Å². The smallest absolute Gasteiger partial charge is 0.417 e. The maximum atomic E-state index is 12.7. The Balaban J connectivity index is 1.39. The zero-order valence-corrected chi connectivity index (χ0v) is 18.2. The molecule has 3 heterocycles. The summed E-state index contributed by atoms with van der Waals surface area (Å²) in [7, 11) is 0. The van der Waals surface area contributed by atoms with Crippen LogP contribution < -0.4 is 10.1 Å². The van der Waals surface area contributed by atoms with Gasteiger partial charge in [0.1, 0.15) is 11.4 Å². The molecule has 1 aliphatic heterocycles. The van der Waals surface area contributed by atoms with Crippen molar-refractivity contribution in [2.45, 2.75) is 24.7 Å². The summed E-state index contributed by atoms with van der Waals surface area (Å²) < 4.78 is 43.5. The molecule has 35 heavy (non-hydrogen) atoms. The van der Waals surface area contributed by atoms with Gasteiger partial charge in [0.2, 0.25) is 11.8 Å². The fourth-order valence-corrected chi connectivity index (χ4v) is 3.74. The van der Waals surface area contributed by atoms with Gasteiger partial charge < -0.3 is 25.2 Å². The SMILES string of the molecule is O=C(NCC(=O)N1C[C@H](O)C[C@H]1CO)c1ccc2cc(Oc3ccc(C(F)(F)F)cn3)ccc2n1. The first kappa shape index (κ1) is 24.4. The van der Waals surface area contributed by atoms with E-state index in [-0.39, 0.29) is 37.7 Å². The first-order valence-electron chi connectivity index (χ1n) is 10.6. The second kappa shape index (κ2) is 9.84. The molecule has 0 saturated carbocycles. The molecule has 3 aromatic rings. The van der Waals surface area contributed by atoms with Crippen molar-refractivity contribution in [3.05, 3.63) is 59.9 Å². The normalized spacial score (nSPS) is 18.0. The minimum absolute atomic E-state index is 0.0140. The number of halogens is 3. The van der Waals surface area contributed by atoms with E-state index in [1.165, 1.54) is 17.0 Å². The maximum absolute atomic E-state index is 12.7. The predicted octanol–water partition coefficient (Wildman–Crippen LogP) is 2.12. The van der Waals surface area contributed by atoms with Crippen LogP contribution in [0.5, 0.6) is 11.6 Å². The second-order valence-electron chi connectivity index (χ2n) is 7.99. The van der Waals surface area contributed by atoms with E-state index in [1.54, 1.807) is 18.2 Å². The zero-order valence-electron chi connectivity index (χ0n) is 18.2. The van der Waals surface area contributed by atoms with E-state index >= 15 is 0 Å². The van der Waals surface area contributed by atoms with Crippen molar-refractivity contribution >= 4 is 22.7 Å². The number of β-amino-alcohol motifs (C(OH)–C–C–N with tert-alkyl or cyclic N) is 1. The number of likely N-dealkylation sites (tertiary alicyclic amines) is 1. The van der Waals surface area contributed by atoms with Gasteiger partial charge >= 0.3 is 6.18 Å². The molecule has 1 aromatic carbocycles. The molecular formula is C23H21F3N4O5. The monoisotopic (exact) mass is 490 g/mol. The van der Waals surface area contributed by atoms with Crippen LogP contribution in [-0.2, 0) is 11.0 Å². The summed E-state index contributed by atoms with van der Waals surface area (Å²) in [6.07, 6.45) is -4.24. The molecule has 12 heteroatoms. The lowest BCUT2D eigenvalue weighted by Gasteiger charge is -2.22. The van der Waals surface area contributed by atoms with Gasteiger partial charge in [0.05, 0.1) is 36.4 Å². The Labute approximate surface area is 197 Å². The Kier molecular flexibility index (Phi) is 6.85. The highest BCUT2D eigenvalue weighted by molar-refractivity contribution is 5.97. The standard InChI is InChI=1S/C23H21F3N4O5/c24-23(25,26)14-2-6-20(27-9-14)35-17-3-5-18-13(7-17)1-4-19(29-18)22(34)28-10-21(33)30-11-16(32)8-15(30)12-31/h1-7,9,15-16,31-32H,8,10-12H2,(H,28,34)/t15-,16+/m0/s1. The third-order valence-corrected chi connectivity index (χ3v) is 5.50. The number of hydrogen-bond donors (Lipinski definition) is 3. The van der Waals surface area contributed by atoms with Gasteiger partial charge in [-0.1, -0.05) is 6.07 Å². The number of amides is 2. The van der Waals surface area contributed by atoms with Crippen LogP contribution in [0.3, 0.4) is 0 Å². The van der Waals surface area contributed by atoms with Crippen LogP contribution in [-0.4, -0.2) is 68.7 Å². The number of aliphatic hydroxyl groups is 2. The summed E-state index contributed by atoms with van der Waals surface area (Å²) in [4.78, 5) is 34.1. The summed E-state index contributed by atoms with van der Waals surface area (Å²) >= 11 is 0. The molecule has 1 saturated heterocycles. The Morgan fingerprint density at radius 2 is 1.97 bits per heavy atom. The molecule has 2 amide bonds. The number of benzene rings is 1. The van der Waals surface area contributed by atoms with Gasteiger partial charge in [0.25, 0.3) is 5.91 Å². The maximum Gasteiger partial charge on any atom is 0.417 e. The number of hydrogen-bond acceptors (Lipinski definition) is 7. The van der Waals surface area contributed by atoms with Crippen LogP contribution in [0.25, 0.3) is 10.9 Å². The molecular weight excluding hydrogens is 469 g/mol. The van der Waals surface area contributed by atoms with E-state index in [2.05, 4.69) is 15.3 Å². The molecule has 4 rings (SSSR count). The quantitative estimate of drug-likeness (QED) is 0.484. The molecule has 1 aliphatic rings. The Bertz CT molecular complexity index is 1240. The molecule has 184 valence electrons. The number of alkyl halides is 3. The molecule has 3 N–H and O–H groups in total. The molecule has 0 bridgehead atoms. The Morgan fingerprint density at radius 1 is 1.17 bits per heavy atom. The van der Waals surface area contributed by atoms with Crippen molar-refractivity contribution in [1.29, 1.82) is 0 Å². The average molecular weight is 490 g/mol. The van der Waals surface area contributed by atoms with E-state index in [9.17, 15) is 33.0 Å². The van der Waals surface area contributed by atoms with Gasteiger partial charge in [-0.05, 0) is 36.8 Å². The van der Waals surface area contributed by atoms with Crippen molar-refractivity contribution < 1.29 is 37.7 Å². The first-order valence-corrected chi connectivity index (χ1v) is 10.6. The largest absolute Gasteiger partial charge is 0.439 e. The number of nitrogens with one attached hydrogen (secondary N) is 1. The van der Waals surface area contributed by atoms with Gasteiger partial charge in [-0.3, -0.25) is 9.59 Å². The number of fused-ring (bicyclic) bond motifs is 1. The molecule has 0 aliphatic carbocycles. The summed E-state index contributed by atoms with van der Waals surface area (Å²) in [5.41, 5.74) is -0.352. The Morgan fingerprint density at radius 3 is 2.66 bits per heavy atom. The highest BCUT2D eigenvalue weighted by Gasteiger charge is 2.33. The number of carbonyl (C=O) groups is 2. The second-order valence-corrected chi connectivity index (χ2v) is 7.99. The minimum Gasteiger partial charge on any atom is -0.439 e. The van der Waals surface area contributed by atoms with Crippen molar-refractivity contribution in [3.63, 3.8) is 0 Å². The van der Waals surface area contributed by atoms with Gasteiger partial charge in [0.15, 0.2) is 0 Å². The zero-order chi connectivity index (χ0) is 25.2. The summed E-state index contributed by atoms with van der Waals surface area (Å²) in [5.74, 6) is -0.691. The van der Waals surface area contributed by atoms with Crippen LogP contribution in [0.15, 0.2) is 48.7 Å². The molecule has 1 fully saturated rings. The van der Waals surface area contributed by atoms with Crippen LogP contribution in [0, 0.1) is 0 Å². The van der Waals surface area contributed by atoms with E-state index in [1.807, 2.05) is 0 Å². The van der Waals surface area contributed by atoms with Crippen LogP contribution in [0.2, 0.25) is 0 Å². The van der Waals surface area contributed by atoms with Crippen LogP contribution in [0.1, 0.15) is 22.5 Å². The predicted molar refractivity (Wildman–Crippen MR) is 117 cm³/mol. The van der Waals surface area contributed by atoms with Crippen LogP contribution in [0.4, 0.5) is 13.2 Å². The van der Waals surface area contributed by atoms with E-state index in [4.69, 9.17) is 4.74 Å². The number of rotatable bonds is 6. The molecule has 0 radical (unpaired) electrons. The average Bonchev–Trinajstić information content (AvgIpc) is 3.22. The number of carbonyl (C=O) groups excluding carboxylic acids is 2. The summed E-state index contributed by atoms with van der Waals surface area (Å²) in [5, 5.41) is 22.1. The lowest BCUT2D eigenvalue weighted by Crippen LogP contribution is -2.44. The number of aliphatic hydroxyl groups excluding tert-OH is 2. The van der Waals surface area contributed by atoms with Gasteiger partial charge in [0, 0.05) is 24.2 Å². The van der Waals surface area contributed by atoms with Crippen molar-refractivity contribution in [3.8, 4) is 11.6 Å². The highest BCUT2D eigenvalue weighted by atomic mass is 19.4. The fourth-order valence-electron chi connectivity index (χ4n) is 3.74. The van der Waals surface area contributed by atoms with Gasteiger partial charge in [-0.2, -0.15) is 13.2 Å². The molecule has 2 aromatic heterocycles. The summed E-state index contributed by atoms with van der Waals surface area (Å²) in [6.45, 7) is -0.487. The van der Waals surface area contributed by atoms with E-state index in [0.29, 0.717) is 22.8 Å². The lowest BCUT2D eigenvalue weighted by molar-refractivity contribution is -0.137. The fraction of sp³-hybridized carbons (Fsp3) is 0.304.